The molecule has 0 aromatic heterocycles. The first-order chi connectivity index (χ1) is 15.1. The minimum Gasteiger partial charge on any atom is -0.326 e. The molecule has 3 rings (SSSR count). The highest BCUT2D eigenvalue weighted by atomic mass is 35.5. The van der Waals surface area contributed by atoms with E-state index in [-0.39, 0.29) is 24.1 Å². The van der Waals surface area contributed by atoms with E-state index in [1.54, 1.807) is 38.1 Å². The molecular weight excluding hydrogens is 474 g/mol. The summed E-state index contributed by atoms with van der Waals surface area (Å²) in [6.07, 6.45) is -10.4. The van der Waals surface area contributed by atoms with Gasteiger partial charge in [0.2, 0.25) is 11.8 Å². The van der Waals surface area contributed by atoms with Gasteiger partial charge in [-0.1, -0.05) is 37.6 Å². The summed E-state index contributed by atoms with van der Waals surface area (Å²) in [4.78, 5) is 27.3. The van der Waals surface area contributed by atoms with Crippen LogP contribution in [0.3, 0.4) is 0 Å². The van der Waals surface area contributed by atoms with Crippen LogP contribution in [0.25, 0.3) is 0 Å². The fourth-order valence-corrected chi connectivity index (χ4v) is 4.00. The van der Waals surface area contributed by atoms with Crippen LogP contribution in [-0.4, -0.2) is 18.4 Å². The van der Waals surface area contributed by atoms with Gasteiger partial charge in [-0.05, 0) is 36.2 Å². The molecule has 4 nitrogen and oxygen atoms in total. The summed E-state index contributed by atoms with van der Waals surface area (Å²) >= 11 is 6.16. The highest BCUT2D eigenvalue weighted by Gasteiger charge is 2.52. The normalized spacial score (nSPS) is 19.3. The Morgan fingerprint density at radius 1 is 1.03 bits per heavy atom. The molecule has 1 N–H and O–H groups in total. The fourth-order valence-electron chi connectivity index (χ4n) is 3.77. The van der Waals surface area contributed by atoms with Crippen LogP contribution in [0.2, 0.25) is 5.02 Å². The van der Waals surface area contributed by atoms with Crippen LogP contribution < -0.4 is 10.2 Å². The SMILES string of the molecule is CC(C)C1(C(=O)Nc2cc(C(F)(F)F)cc(C(F)(F)F)c2)CC(=O)N(c2ccccc2Cl)C1. The van der Waals surface area contributed by atoms with Gasteiger partial charge in [0, 0.05) is 18.7 Å². The van der Waals surface area contributed by atoms with E-state index in [1.165, 1.54) is 4.90 Å². The number of alkyl halides is 6. The minimum atomic E-state index is -5.05. The monoisotopic (exact) mass is 492 g/mol. The van der Waals surface area contributed by atoms with Gasteiger partial charge < -0.3 is 10.2 Å². The summed E-state index contributed by atoms with van der Waals surface area (Å²) in [5.41, 5.74) is -4.80. The Morgan fingerprint density at radius 3 is 2.06 bits per heavy atom. The van der Waals surface area contributed by atoms with Crippen molar-refractivity contribution >= 4 is 34.8 Å². The first-order valence-electron chi connectivity index (χ1n) is 9.81. The third kappa shape index (κ3) is 4.95. The second kappa shape index (κ2) is 8.55. The molecule has 0 bridgehead atoms. The first kappa shape index (κ1) is 24.9. The van der Waals surface area contributed by atoms with Crippen molar-refractivity contribution in [2.75, 3.05) is 16.8 Å². The van der Waals surface area contributed by atoms with E-state index < -0.39 is 52.3 Å². The average molecular weight is 493 g/mol. The zero-order chi connectivity index (χ0) is 24.8. The van der Waals surface area contributed by atoms with Gasteiger partial charge >= 0.3 is 12.4 Å². The number of carbonyl (C=O) groups is 2. The van der Waals surface area contributed by atoms with Crippen molar-refractivity contribution in [2.45, 2.75) is 32.6 Å². The molecule has 0 aliphatic carbocycles. The summed E-state index contributed by atoms with van der Waals surface area (Å²) in [5, 5.41) is 2.45. The van der Waals surface area contributed by atoms with E-state index in [1.807, 2.05) is 0 Å². The number of nitrogens with one attached hydrogen (secondary N) is 1. The number of carbonyl (C=O) groups excluding carboxylic acids is 2. The number of hydrogen-bond acceptors (Lipinski definition) is 2. The molecule has 0 radical (unpaired) electrons. The lowest BCUT2D eigenvalue weighted by molar-refractivity contribution is -0.143. The molecule has 2 aromatic carbocycles. The van der Waals surface area contributed by atoms with Crippen LogP contribution in [0.5, 0.6) is 0 Å². The summed E-state index contributed by atoms with van der Waals surface area (Å²) < 4.78 is 79.0. The number of hydrogen-bond donors (Lipinski definition) is 1. The van der Waals surface area contributed by atoms with Gasteiger partial charge in [0.25, 0.3) is 0 Å². The Morgan fingerprint density at radius 2 is 1.58 bits per heavy atom. The maximum absolute atomic E-state index is 13.2. The fraction of sp³-hybridized carbons (Fsp3) is 0.364. The number of benzene rings is 2. The molecule has 1 saturated heterocycles. The van der Waals surface area contributed by atoms with Crippen LogP contribution in [0.1, 0.15) is 31.4 Å². The van der Waals surface area contributed by atoms with Crippen LogP contribution in [-0.2, 0) is 21.9 Å². The van der Waals surface area contributed by atoms with E-state index in [4.69, 9.17) is 11.6 Å². The highest BCUT2D eigenvalue weighted by molar-refractivity contribution is 6.34. The standard InChI is InChI=1S/C22H19ClF6N2O2/c1-12(2)20(10-18(32)31(11-20)17-6-4-3-5-16(17)23)19(33)30-15-8-13(21(24,25)26)7-14(9-15)22(27,28)29/h3-9,12H,10-11H2,1-2H3,(H,30,33). The average Bonchev–Trinajstić information content (AvgIpc) is 3.05. The van der Waals surface area contributed by atoms with Gasteiger partial charge in [-0.25, -0.2) is 0 Å². The Labute approximate surface area is 190 Å². The summed E-state index contributed by atoms with van der Waals surface area (Å²) in [6, 6.07) is 7.28. The minimum absolute atomic E-state index is 0.0217. The van der Waals surface area contributed by atoms with Crippen molar-refractivity contribution in [1.29, 1.82) is 0 Å². The lowest BCUT2D eigenvalue weighted by Gasteiger charge is -2.31. The molecule has 2 amide bonds. The maximum Gasteiger partial charge on any atom is 0.416 e. The van der Waals surface area contributed by atoms with Crippen molar-refractivity contribution in [3.8, 4) is 0 Å². The Bertz CT molecular complexity index is 1050. The van der Waals surface area contributed by atoms with Gasteiger partial charge in [0.05, 0.1) is 27.3 Å². The molecule has 1 aliphatic heterocycles. The lowest BCUT2D eigenvalue weighted by atomic mass is 9.75. The van der Waals surface area contributed by atoms with Crippen molar-refractivity contribution in [1.82, 2.24) is 0 Å². The zero-order valence-electron chi connectivity index (χ0n) is 17.4. The molecule has 11 heteroatoms. The van der Waals surface area contributed by atoms with Gasteiger partial charge in [-0.3, -0.25) is 9.59 Å². The topological polar surface area (TPSA) is 49.4 Å². The van der Waals surface area contributed by atoms with Crippen LogP contribution in [0.4, 0.5) is 37.7 Å². The van der Waals surface area contributed by atoms with Gasteiger partial charge in [0.15, 0.2) is 0 Å². The second-order valence-corrected chi connectivity index (χ2v) is 8.57. The van der Waals surface area contributed by atoms with Gasteiger partial charge in [-0.2, -0.15) is 26.3 Å². The maximum atomic E-state index is 13.2. The van der Waals surface area contributed by atoms with Crippen LogP contribution in [0.15, 0.2) is 42.5 Å². The zero-order valence-corrected chi connectivity index (χ0v) is 18.2. The lowest BCUT2D eigenvalue weighted by Crippen LogP contribution is -2.43. The smallest absolute Gasteiger partial charge is 0.326 e. The summed E-state index contributed by atoms with van der Waals surface area (Å²) in [7, 11) is 0. The van der Waals surface area contributed by atoms with E-state index in [0.29, 0.717) is 17.8 Å². The van der Waals surface area contributed by atoms with Gasteiger partial charge in [0.1, 0.15) is 0 Å². The van der Waals surface area contributed by atoms with E-state index >= 15 is 0 Å². The molecule has 0 saturated carbocycles. The number of amides is 2. The molecule has 1 unspecified atom stereocenters. The third-order valence-electron chi connectivity index (χ3n) is 5.75. The number of para-hydroxylation sites is 1. The van der Waals surface area contributed by atoms with Crippen molar-refractivity contribution in [3.05, 3.63) is 58.6 Å². The molecule has 33 heavy (non-hydrogen) atoms. The van der Waals surface area contributed by atoms with Gasteiger partial charge in [-0.15, -0.1) is 0 Å². The number of halogens is 7. The molecule has 1 heterocycles. The molecule has 1 atom stereocenters. The quantitative estimate of drug-likeness (QED) is 0.502. The molecule has 178 valence electrons. The molecule has 2 aromatic rings. The van der Waals surface area contributed by atoms with Crippen molar-refractivity contribution < 1.29 is 35.9 Å². The highest BCUT2D eigenvalue weighted by Crippen LogP contribution is 2.44. The van der Waals surface area contributed by atoms with E-state index in [0.717, 1.165) is 0 Å². The number of nitrogens with zero attached hydrogens (tertiary/aromatic N) is 1. The Kier molecular flexibility index (Phi) is 6.45. The Hall–Kier alpha value is -2.75. The molecular formula is C22H19ClF6N2O2. The molecule has 1 aliphatic rings. The van der Waals surface area contributed by atoms with Crippen LogP contribution in [0, 0.1) is 11.3 Å². The first-order valence-corrected chi connectivity index (χ1v) is 10.2. The number of anilines is 2. The second-order valence-electron chi connectivity index (χ2n) is 8.17. The van der Waals surface area contributed by atoms with Crippen molar-refractivity contribution in [2.24, 2.45) is 11.3 Å². The molecule has 0 spiro atoms. The van der Waals surface area contributed by atoms with E-state index in [2.05, 4.69) is 5.32 Å². The largest absolute Gasteiger partial charge is 0.416 e. The molecule has 1 fully saturated rings. The van der Waals surface area contributed by atoms with Crippen molar-refractivity contribution in [3.63, 3.8) is 0 Å². The number of rotatable bonds is 4. The van der Waals surface area contributed by atoms with Crippen LogP contribution >= 0.6 is 11.6 Å². The predicted molar refractivity (Wildman–Crippen MR) is 111 cm³/mol. The third-order valence-corrected chi connectivity index (χ3v) is 6.07. The summed E-state index contributed by atoms with van der Waals surface area (Å²) in [6.45, 7) is 3.16. The summed E-state index contributed by atoms with van der Waals surface area (Å²) in [5.74, 6) is -1.76. The Balaban J connectivity index is 1.98. The predicted octanol–water partition coefficient (Wildman–Crippen LogP) is 6.40. The van der Waals surface area contributed by atoms with E-state index in [9.17, 15) is 35.9 Å².